The largest absolute Gasteiger partial charge is 0.492 e. The molecule has 0 aromatic heterocycles. The number of carbonyl (C=O) groups is 1. The van der Waals surface area contributed by atoms with Gasteiger partial charge in [-0.05, 0) is 30.5 Å². The van der Waals surface area contributed by atoms with Crippen LogP contribution in [-0.4, -0.2) is 55.0 Å². The van der Waals surface area contributed by atoms with E-state index in [2.05, 4.69) is 37.8 Å². The monoisotopic (exact) mass is 304 g/mol. The number of aryl methyl sites for hydroxylation is 1. The van der Waals surface area contributed by atoms with Gasteiger partial charge < -0.3 is 9.64 Å². The summed E-state index contributed by atoms with van der Waals surface area (Å²) < 4.78 is 5.79. The van der Waals surface area contributed by atoms with Crippen LogP contribution >= 0.6 is 0 Å². The van der Waals surface area contributed by atoms with Crippen molar-refractivity contribution in [2.24, 2.45) is 5.92 Å². The van der Waals surface area contributed by atoms with Gasteiger partial charge in [-0.15, -0.1) is 0 Å². The van der Waals surface area contributed by atoms with Crippen LogP contribution in [0.15, 0.2) is 24.3 Å². The van der Waals surface area contributed by atoms with Gasteiger partial charge in [0.1, 0.15) is 12.4 Å². The zero-order chi connectivity index (χ0) is 15.9. The first-order valence-corrected chi connectivity index (χ1v) is 8.24. The van der Waals surface area contributed by atoms with E-state index in [4.69, 9.17) is 4.74 Å². The van der Waals surface area contributed by atoms with Gasteiger partial charge in [0, 0.05) is 39.1 Å². The summed E-state index contributed by atoms with van der Waals surface area (Å²) in [6.07, 6.45) is 0.663. The summed E-state index contributed by atoms with van der Waals surface area (Å²) in [5, 5.41) is 0. The lowest BCUT2D eigenvalue weighted by molar-refractivity contribution is -0.133. The number of piperazine rings is 1. The summed E-state index contributed by atoms with van der Waals surface area (Å²) in [6.45, 7) is 11.4. The minimum absolute atomic E-state index is 0.297. The van der Waals surface area contributed by atoms with Gasteiger partial charge in [0.2, 0.25) is 5.91 Å². The van der Waals surface area contributed by atoms with E-state index in [-0.39, 0.29) is 0 Å². The summed E-state index contributed by atoms with van der Waals surface area (Å²) in [7, 11) is 0. The van der Waals surface area contributed by atoms with Crippen molar-refractivity contribution < 1.29 is 9.53 Å². The van der Waals surface area contributed by atoms with Gasteiger partial charge in [-0.25, -0.2) is 0 Å². The van der Waals surface area contributed by atoms with Crippen molar-refractivity contribution in [1.29, 1.82) is 0 Å². The summed E-state index contributed by atoms with van der Waals surface area (Å²) in [6, 6.07) is 8.14. The Bertz CT molecular complexity index is 480. The normalized spacial score (nSPS) is 16.1. The maximum Gasteiger partial charge on any atom is 0.222 e. The highest BCUT2D eigenvalue weighted by molar-refractivity contribution is 5.76. The molecule has 0 aliphatic carbocycles. The molecule has 22 heavy (non-hydrogen) atoms. The molecule has 1 aromatic carbocycles. The van der Waals surface area contributed by atoms with E-state index in [0.29, 0.717) is 24.9 Å². The van der Waals surface area contributed by atoms with Crippen LogP contribution < -0.4 is 4.74 Å². The topological polar surface area (TPSA) is 32.8 Å². The van der Waals surface area contributed by atoms with Crippen molar-refractivity contribution in [2.75, 3.05) is 39.3 Å². The summed E-state index contributed by atoms with van der Waals surface area (Å²) in [5.74, 6) is 1.67. The van der Waals surface area contributed by atoms with E-state index < -0.39 is 0 Å². The number of amides is 1. The highest BCUT2D eigenvalue weighted by Gasteiger charge is 2.21. The van der Waals surface area contributed by atoms with Crippen molar-refractivity contribution in [1.82, 2.24) is 9.80 Å². The molecule has 1 heterocycles. The zero-order valence-corrected chi connectivity index (χ0v) is 14.0. The van der Waals surface area contributed by atoms with Crippen LogP contribution in [0.4, 0.5) is 0 Å². The first-order chi connectivity index (χ1) is 10.5. The van der Waals surface area contributed by atoms with Gasteiger partial charge in [0.15, 0.2) is 0 Å². The molecule has 0 saturated carbocycles. The van der Waals surface area contributed by atoms with Crippen molar-refractivity contribution in [3.63, 3.8) is 0 Å². The minimum Gasteiger partial charge on any atom is -0.492 e. The van der Waals surface area contributed by atoms with Crippen LogP contribution in [0.25, 0.3) is 0 Å². The lowest BCUT2D eigenvalue weighted by Crippen LogP contribution is -2.49. The van der Waals surface area contributed by atoms with Gasteiger partial charge >= 0.3 is 0 Å². The molecule has 0 unspecified atom stereocenters. The number of hydrogen-bond acceptors (Lipinski definition) is 3. The zero-order valence-electron chi connectivity index (χ0n) is 14.0. The Hall–Kier alpha value is -1.55. The van der Waals surface area contributed by atoms with E-state index in [1.165, 1.54) is 5.56 Å². The van der Waals surface area contributed by atoms with E-state index in [1.54, 1.807) is 0 Å². The molecular weight excluding hydrogens is 276 g/mol. The van der Waals surface area contributed by atoms with E-state index in [9.17, 15) is 4.79 Å². The highest BCUT2D eigenvalue weighted by atomic mass is 16.5. The molecule has 0 N–H and O–H groups in total. The second kappa shape index (κ2) is 8.18. The molecule has 1 fully saturated rings. The molecule has 0 bridgehead atoms. The molecule has 1 aliphatic rings. The van der Waals surface area contributed by atoms with Gasteiger partial charge in [-0.3, -0.25) is 9.69 Å². The maximum atomic E-state index is 12.0. The van der Waals surface area contributed by atoms with Crippen LogP contribution in [0.1, 0.15) is 25.8 Å². The fraction of sp³-hybridized carbons (Fsp3) is 0.611. The van der Waals surface area contributed by atoms with Crippen LogP contribution in [0.3, 0.4) is 0 Å². The highest BCUT2D eigenvalue weighted by Crippen LogP contribution is 2.12. The average Bonchev–Trinajstić information content (AvgIpc) is 2.47. The van der Waals surface area contributed by atoms with Gasteiger partial charge in [0.25, 0.3) is 0 Å². The van der Waals surface area contributed by atoms with Crippen molar-refractivity contribution in [3.8, 4) is 5.75 Å². The lowest BCUT2D eigenvalue weighted by atomic mass is 10.1. The molecule has 0 spiro atoms. The molecule has 4 heteroatoms. The standard InChI is InChI=1S/C18H28N2O2/c1-15(2)13-18(21)20-9-7-19(8-10-20)11-12-22-17-6-4-5-16(3)14-17/h4-6,14-15H,7-13H2,1-3H3. The molecule has 1 amide bonds. The van der Waals surface area contributed by atoms with Gasteiger partial charge in [-0.1, -0.05) is 26.0 Å². The fourth-order valence-corrected chi connectivity index (χ4v) is 2.70. The number of benzene rings is 1. The van der Waals surface area contributed by atoms with Crippen LogP contribution in [0.5, 0.6) is 5.75 Å². The Labute approximate surface area is 134 Å². The Morgan fingerprint density at radius 2 is 1.95 bits per heavy atom. The average molecular weight is 304 g/mol. The number of nitrogens with zero attached hydrogens (tertiary/aromatic N) is 2. The Morgan fingerprint density at radius 1 is 1.23 bits per heavy atom. The molecular formula is C18H28N2O2. The lowest BCUT2D eigenvalue weighted by Gasteiger charge is -2.35. The van der Waals surface area contributed by atoms with Crippen molar-refractivity contribution in [3.05, 3.63) is 29.8 Å². The third-order valence-corrected chi connectivity index (χ3v) is 3.97. The second-order valence-electron chi connectivity index (χ2n) is 6.49. The first kappa shape index (κ1) is 16.8. The first-order valence-electron chi connectivity index (χ1n) is 8.24. The molecule has 2 rings (SSSR count). The minimum atomic E-state index is 0.297. The van der Waals surface area contributed by atoms with Crippen LogP contribution in [-0.2, 0) is 4.79 Å². The molecule has 1 aliphatic heterocycles. The van der Waals surface area contributed by atoms with Crippen molar-refractivity contribution in [2.45, 2.75) is 27.2 Å². The predicted octanol–water partition coefficient (Wildman–Crippen LogP) is 2.56. The molecule has 4 nitrogen and oxygen atoms in total. The molecule has 0 radical (unpaired) electrons. The van der Waals surface area contributed by atoms with E-state index >= 15 is 0 Å². The second-order valence-corrected chi connectivity index (χ2v) is 6.49. The summed E-state index contributed by atoms with van der Waals surface area (Å²) in [4.78, 5) is 16.4. The summed E-state index contributed by atoms with van der Waals surface area (Å²) >= 11 is 0. The molecule has 0 atom stereocenters. The van der Waals surface area contributed by atoms with Crippen LogP contribution in [0.2, 0.25) is 0 Å². The Balaban J connectivity index is 1.66. The maximum absolute atomic E-state index is 12.0. The summed E-state index contributed by atoms with van der Waals surface area (Å²) in [5.41, 5.74) is 1.22. The Kier molecular flexibility index (Phi) is 6.25. The number of ether oxygens (including phenoxy) is 1. The van der Waals surface area contributed by atoms with Gasteiger partial charge in [-0.2, -0.15) is 0 Å². The van der Waals surface area contributed by atoms with Crippen molar-refractivity contribution >= 4 is 5.91 Å². The molecule has 1 aromatic rings. The van der Waals surface area contributed by atoms with E-state index in [1.807, 2.05) is 17.0 Å². The number of hydrogen-bond donors (Lipinski definition) is 0. The fourth-order valence-electron chi connectivity index (χ4n) is 2.70. The van der Waals surface area contributed by atoms with E-state index in [0.717, 1.165) is 38.5 Å². The smallest absolute Gasteiger partial charge is 0.222 e. The SMILES string of the molecule is Cc1cccc(OCCN2CCN(C(=O)CC(C)C)CC2)c1. The predicted molar refractivity (Wildman–Crippen MR) is 89.1 cm³/mol. The quantitative estimate of drug-likeness (QED) is 0.810. The molecule has 122 valence electrons. The van der Waals surface area contributed by atoms with Gasteiger partial charge in [0.05, 0.1) is 0 Å². The third kappa shape index (κ3) is 5.34. The molecule has 1 saturated heterocycles. The number of rotatable bonds is 6. The Morgan fingerprint density at radius 3 is 2.59 bits per heavy atom. The third-order valence-electron chi connectivity index (χ3n) is 3.97. The van der Waals surface area contributed by atoms with Crippen LogP contribution in [0, 0.1) is 12.8 Å². The number of carbonyl (C=O) groups excluding carboxylic acids is 1.